The van der Waals surface area contributed by atoms with Crippen molar-refractivity contribution >= 4 is 46.1 Å². The van der Waals surface area contributed by atoms with E-state index < -0.39 is 40.9 Å². The van der Waals surface area contributed by atoms with E-state index in [1.54, 1.807) is 50.3 Å². The van der Waals surface area contributed by atoms with Crippen LogP contribution in [0.25, 0.3) is 32.6 Å². The molecular formula is C35H40F3N7O5S. The number of thiazole rings is 1. The topological polar surface area (TPSA) is 139 Å². The predicted molar refractivity (Wildman–Crippen MR) is 189 cm³/mol. The van der Waals surface area contributed by atoms with Gasteiger partial charge in [-0.2, -0.15) is 13.2 Å². The lowest BCUT2D eigenvalue weighted by Gasteiger charge is -2.34. The van der Waals surface area contributed by atoms with Gasteiger partial charge < -0.3 is 24.4 Å². The van der Waals surface area contributed by atoms with E-state index in [9.17, 15) is 32.3 Å². The third kappa shape index (κ3) is 8.67. The van der Waals surface area contributed by atoms with Gasteiger partial charge in [0.05, 0.1) is 5.52 Å². The van der Waals surface area contributed by atoms with Crippen molar-refractivity contribution in [3.8, 4) is 21.7 Å². The van der Waals surface area contributed by atoms with Gasteiger partial charge in [-0.3, -0.25) is 14.9 Å². The lowest BCUT2D eigenvalue weighted by Crippen LogP contribution is -2.43. The van der Waals surface area contributed by atoms with Crippen LogP contribution in [0.2, 0.25) is 0 Å². The third-order valence-electron chi connectivity index (χ3n) is 8.16. The largest absolute Gasteiger partial charge is 0.444 e. The number of carbonyl (C=O) groups is 3. The SMILES string of the molecule is CCNC(=O)Nc1cc(-c2nc(C(F)(F)F)cs2)c(-c2ccc3c(c2)c(=O)c(C(=O)N(C)C)cn3C[C@H]2CCCN(C(=O)OC(C)(C)C)C2)cn1. The van der Waals surface area contributed by atoms with E-state index in [0.717, 1.165) is 29.6 Å². The standard InChI is InChI=1S/C35H40F3N7O5S/c1-7-39-32(48)42-28-14-22(30-41-27(19-51-30)35(36,37)38)24(15-40-28)21-10-11-26-23(13-21)29(46)25(31(47)43(5)6)18-45(26)17-20-9-8-12-44(16-20)33(49)50-34(2,3)4/h10-11,13-15,18-20H,7-9,12,16-17H2,1-6H3,(H2,39,40,42,48)/t20-/m0/s1. The minimum atomic E-state index is -4.67. The minimum absolute atomic E-state index is 0.00700. The quantitative estimate of drug-likeness (QED) is 0.216. The summed E-state index contributed by atoms with van der Waals surface area (Å²) in [6, 6.07) is 5.91. The number of carbonyl (C=O) groups excluding carboxylic acids is 3. The van der Waals surface area contributed by atoms with E-state index in [-0.39, 0.29) is 33.3 Å². The Labute approximate surface area is 296 Å². The van der Waals surface area contributed by atoms with E-state index >= 15 is 0 Å². The first-order valence-corrected chi connectivity index (χ1v) is 17.3. The number of halogens is 3. The zero-order valence-electron chi connectivity index (χ0n) is 29.2. The molecule has 4 heterocycles. The normalized spacial score (nSPS) is 15.1. The number of urea groups is 1. The number of hydrogen-bond donors (Lipinski definition) is 2. The van der Waals surface area contributed by atoms with Crippen LogP contribution in [-0.2, 0) is 17.5 Å². The molecule has 1 aromatic carbocycles. The monoisotopic (exact) mass is 727 g/mol. The fourth-order valence-corrected chi connectivity index (χ4v) is 6.73. The number of nitrogens with one attached hydrogen (secondary N) is 2. The van der Waals surface area contributed by atoms with E-state index in [2.05, 4.69) is 20.6 Å². The van der Waals surface area contributed by atoms with Crippen molar-refractivity contribution < 1.29 is 32.3 Å². The van der Waals surface area contributed by atoms with Crippen molar-refractivity contribution in [3.05, 3.63) is 63.5 Å². The Hall–Kier alpha value is -4.99. The highest BCUT2D eigenvalue weighted by atomic mass is 32.1. The predicted octanol–water partition coefficient (Wildman–Crippen LogP) is 6.70. The summed E-state index contributed by atoms with van der Waals surface area (Å²) in [6.07, 6.45) is -0.570. The molecule has 4 amide bonds. The molecule has 4 aromatic rings. The van der Waals surface area contributed by atoms with Crippen LogP contribution in [0.15, 0.2) is 46.8 Å². The molecule has 16 heteroatoms. The molecule has 51 heavy (non-hydrogen) atoms. The number of fused-ring (bicyclic) bond motifs is 1. The number of piperidine rings is 1. The number of likely N-dealkylation sites (tertiary alicyclic amines) is 1. The van der Waals surface area contributed by atoms with Crippen LogP contribution < -0.4 is 16.1 Å². The number of alkyl halides is 3. The summed E-state index contributed by atoms with van der Waals surface area (Å²) >= 11 is 0.779. The fourth-order valence-electron chi connectivity index (χ4n) is 5.87. The van der Waals surface area contributed by atoms with Gasteiger partial charge in [0.2, 0.25) is 5.43 Å². The molecule has 1 fully saturated rings. The number of rotatable bonds is 7. The first-order valence-electron chi connectivity index (χ1n) is 16.4. The molecule has 1 saturated heterocycles. The molecule has 5 rings (SSSR count). The molecule has 1 aliphatic rings. The van der Waals surface area contributed by atoms with Crippen LogP contribution in [0.5, 0.6) is 0 Å². The minimum Gasteiger partial charge on any atom is -0.444 e. The van der Waals surface area contributed by atoms with E-state index in [0.29, 0.717) is 42.8 Å². The molecule has 1 atom stereocenters. The van der Waals surface area contributed by atoms with Crippen LogP contribution in [0, 0.1) is 5.92 Å². The molecule has 0 aliphatic carbocycles. The Balaban J connectivity index is 1.60. The highest BCUT2D eigenvalue weighted by Gasteiger charge is 2.34. The number of benzene rings is 1. The summed E-state index contributed by atoms with van der Waals surface area (Å²) in [4.78, 5) is 63.5. The van der Waals surface area contributed by atoms with E-state index in [1.165, 1.54) is 17.2 Å². The fraction of sp³-hybridized carbons (Fsp3) is 0.429. The van der Waals surface area contributed by atoms with Gasteiger partial charge in [-0.05, 0) is 70.2 Å². The molecule has 0 unspecified atom stereocenters. The number of aromatic nitrogens is 3. The van der Waals surface area contributed by atoms with Gasteiger partial charge in [-0.25, -0.2) is 19.6 Å². The van der Waals surface area contributed by atoms with Crippen LogP contribution in [0.4, 0.5) is 28.6 Å². The number of nitrogens with zero attached hydrogens (tertiary/aromatic N) is 5. The Kier molecular flexibility index (Phi) is 10.7. The molecular weight excluding hydrogens is 687 g/mol. The average molecular weight is 728 g/mol. The molecule has 0 radical (unpaired) electrons. The number of ether oxygens (including phenoxy) is 1. The molecule has 2 N–H and O–H groups in total. The van der Waals surface area contributed by atoms with Gasteiger partial charge in [0.15, 0.2) is 5.69 Å². The number of hydrogen-bond acceptors (Lipinski definition) is 8. The second-order valence-corrected chi connectivity index (χ2v) is 14.4. The first-order chi connectivity index (χ1) is 23.9. The number of anilines is 1. The summed E-state index contributed by atoms with van der Waals surface area (Å²) < 4.78 is 48.1. The van der Waals surface area contributed by atoms with Gasteiger partial charge in [-0.15, -0.1) is 11.3 Å². The van der Waals surface area contributed by atoms with Crippen molar-refractivity contribution in [2.24, 2.45) is 5.92 Å². The van der Waals surface area contributed by atoms with Crippen LogP contribution >= 0.6 is 11.3 Å². The zero-order valence-corrected chi connectivity index (χ0v) is 30.0. The maximum Gasteiger partial charge on any atom is 0.434 e. The molecule has 1 aliphatic heterocycles. The summed E-state index contributed by atoms with van der Waals surface area (Å²) in [5.41, 5.74) is -0.703. The summed E-state index contributed by atoms with van der Waals surface area (Å²) in [5.74, 6) is -0.420. The van der Waals surface area contributed by atoms with Crippen molar-refractivity contribution in [2.45, 2.75) is 58.9 Å². The van der Waals surface area contributed by atoms with Crippen molar-refractivity contribution in [1.82, 2.24) is 29.7 Å². The summed E-state index contributed by atoms with van der Waals surface area (Å²) in [7, 11) is 3.09. The number of amides is 4. The highest BCUT2D eigenvalue weighted by molar-refractivity contribution is 7.13. The lowest BCUT2D eigenvalue weighted by molar-refractivity contribution is -0.140. The average Bonchev–Trinajstić information content (AvgIpc) is 3.56. The molecule has 3 aromatic heterocycles. The van der Waals surface area contributed by atoms with Gasteiger partial charge in [0.25, 0.3) is 5.91 Å². The first kappa shape index (κ1) is 37.3. The maximum atomic E-state index is 13.9. The zero-order chi connectivity index (χ0) is 37.2. The van der Waals surface area contributed by atoms with Crippen LogP contribution in [0.1, 0.15) is 56.6 Å². The van der Waals surface area contributed by atoms with Crippen LogP contribution in [0.3, 0.4) is 0 Å². The summed E-state index contributed by atoms with van der Waals surface area (Å²) in [6.45, 7) is 8.88. The molecule has 0 spiro atoms. The van der Waals surface area contributed by atoms with Gasteiger partial charge in [0, 0.05) is 74.6 Å². The Bertz CT molecular complexity index is 2020. The smallest absolute Gasteiger partial charge is 0.434 e. The van der Waals surface area contributed by atoms with Crippen molar-refractivity contribution in [2.75, 3.05) is 39.0 Å². The highest BCUT2D eigenvalue weighted by Crippen LogP contribution is 2.39. The number of pyridine rings is 2. The molecule has 0 saturated carbocycles. The molecule has 12 nitrogen and oxygen atoms in total. The van der Waals surface area contributed by atoms with Gasteiger partial charge >= 0.3 is 18.3 Å². The lowest BCUT2D eigenvalue weighted by atomic mass is 9.96. The maximum absolute atomic E-state index is 13.9. The molecule has 272 valence electrons. The second kappa shape index (κ2) is 14.7. The Morgan fingerprint density at radius 2 is 1.86 bits per heavy atom. The van der Waals surface area contributed by atoms with E-state index in [1.807, 2.05) is 25.3 Å². The summed E-state index contributed by atoms with van der Waals surface area (Å²) in [5, 5.41) is 6.30. The van der Waals surface area contributed by atoms with Gasteiger partial charge in [0.1, 0.15) is 22.0 Å². The van der Waals surface area contributed by atoms with Crippen molar-refractivity contribution in [1.29, 1.82) is 0 Å². The van der Waals surface area contributed by atoms with Crippen molar-refractivity contribution in [3.63, 3.8) is 0 Å². The van der Waals surface area contributed by atoms with Crippen LogP contribution in [-0.4, -0.2) is 81.7 Å². The second-order valence-electron chi connectivity index (χ2n) is 13.5. The Morgan fingerprint density at radius 1 is 1.12 bits per heavy atom. The Morgan fingerprint density at radius 3 is 2.51 bits per heavy atom. The van der Waals surface area contributed by atoms with Gasteiger partial charge in [-0.1, -0.05) is 6.07 Å². The third-order valence-corrected chi connectivity index (χ3v) is 9.04. The molecule has 0 bridgehead atoms. The van der Waals surface area contributed by atoms with E-state index in [4.69, 9.17) is 4.74 Å².